The summed E-state index contributed by atoms with van der Waals surface area (Å²) in [7, 11) is 4.87. The van der Waals surface area contributed by atoms with Crippen LogP contribution in [0.2, 0.25) is 0 Å². The van der Waals surface area contributed by atoms with Crippen LogP contribution in [0, 0.1) is 0 Å². The van der Waals surface area contributed by atoms with Gasteiger partial charge < -0.3 is 24.8 Å². The van der Waals surface area contributed by atoms with Gasteiger partial charge in [0.1, 0.15) is 5.75 Å². The fourth-order valence-corrected chi connectivity index (χ4v) is 5.22. The van der Waals surface area contributed by atoms with Crippen LogP contribution in [0.1, 0.15) is 41.3 Å². The van der Waals surface area contributed by atoms with E-state index in [1.165, 1.54) is 15.6 Å². The lowest BCUT2D eigenvalue weighted by molar-refractivity contribution is 0.0766. The van der Waals surface area contributed by atoms with Crippen molar-refractivity contribution in [1.82, 2.24) is 4.90 Å². The highest BCUT2D eigenvalue weighted by Crippen LogP contribution is 2.35. The van der Waals surface area contributed by atoms with E-state index in [4.69, 9.17) is 19.9 Å². The zero-order valence-electron chi connectivity index (χ0n) is 19.1. The maximum Gasteiger partial charge on any atom is 0.254 e. The number of nitrogens with zero attached hydrogens (tertiary/aromatic N) is 1. The van der Waals surface area contributed by atoms with Crippen LogP contribution in [0.15, 0.2) is 35.7 Å². The van der Waals surface area contributed by atoms with Crippen LogP contribution in [0.25, 0.3) is 10.1 Å². The van der Waals surface area contributed by atoms with Gasteiger partial charge in [-0.1, -0.05) is 0 Å². The molecule has 32 heavy (non-hydrogen) atoms. The molecule has 2 N–H and O–H groups in total. The fraction of sp³-hybridized carbons (Fsp3) is 0.400. The van der Waals surface area contributed by atoms with Crippen LogP contribution in [0.3, 0.4) is 0 Å². The number of methoxy groups -OCH3 is 3. The molecule has 4 rings (SSSR count). The van der Waals surface area contributed by atoms with Gasteiger partial charge in [0.2, 0.25) is 0 Å². The van der Waals surface area contributed by atoms with Gasteiger partial charge in [0.05, 0.1) is 21.3 Å². The molecule has 0 aliphatic carbocycles. The standard InChI is InChI=1S/C25H30N2O4S/c1-25(26,8-7-16-15-32-23-12-18(29-2)5-6-19(16)23)9-10-27-14-17-11-21(30-3)22(31-4)13-20(17)24(27)28/h5-6,11-13,15H,7-10,14,26H2,1-4H3. The number of amides is 1. The van der Waals surface area contributed by atoms with Crippen molar-refractivity contribution in [3.63, 3.8) is 0 Å². The summed E-state index contributed by atoms with van der Waals surface area (Å²) in [5.74, 6) is 2.12. The maximum atomic E-state index is 12.9. The number of carbonyl (C=O) groups is 1. The first-order valence-corrected chi connectivity index (χ1v) is 11.6. The first kappa shape index (κ1) is 22.4. The van der Waals surface area contributed by atoms with Crippen LogP contribution in [-0.2, 0) is 13.0 Å². The molecule has 7 heteroatoms. The summed E-state index contributed by atoms with van der Waals surface area (Å²) in [6.45, 7) is 3.26. The molecule has 0 saturated carbocycles. The number of fused-ring (bicyclic) bond motifs is 2. The minimum absolute atomic E-state index is 0.0227. The van der Waals surface area contributed by atoms with E-state index in [9.17, 15) is 4.79 Å². The number of aryl methyl sites for hydroxylation is 1. The Kier molecular flexibility index (Phi) is 6.31. The van der Waals surface area contributed by atoms with Crippen molar-refractivity contribution in [2.45, 2.75) is 38.3 Å². The Morgan fingerprint density at radius 1 is 1.06 bits per heavy atom. The highest BCUT2D eigenvalue weighted by molar-refractivity contribution is 7.17. The monoisotopic (exact) mass is 454 g/mol. The maximum absolute atomic E-state index is 12.9. The van der Waals surface area contributed by atoms with Gasteiger partial charge in [0, 0.05) is 28.9 Å². The molecule has 2 aromatic carbocycles. The molecular weight excluding hydrogens is 424 g/mol. The Morgan fingerprint density at radius 3 is 2.53 bits per heavy atom. The Bertz CT molecular complexity index is 1140. The molecule has 0 fully saturated rings. The average Bonchev–Trinajstić information content (AvgIpc) is 3.35. The molecule has 170 valence electrons. The first-order chi connectivity index (χ1) is 15.3. The molecule has 2 heterocycles. The van der Waals surface area contributed by atoms with Gasteiger partial charge in [0.15, 0.2) is 11.5 Å². The number of rotatable bonds is 9. The molecule has 1 amide bonds. The van der Waals surface area contributed by atoms with Crippen molar-refractivity contribution in [3.8, 4) is 17.2 Å². The smallest absolute Gasteiger partial charge is 0.254 e. The van der Waals surface area contributed by atoms with Crippen molar-refractivity contribution in [2.75, 3.05) is 27.9 Å². The van der Waals surface area contributed by atoms with Crippen LogP contribution in [0.4, 0.5) is 0 Å². The molecule has 1 atom stereocenters. The lowest BCUT2D eigenvalue weighted by atomic mass is 9.90. The van der Waals surface area contributed by atoms with E-state index in [-0.39, 0.29) is 11.4 Å². The van der Waals surface area contributed by atoms with Crippen molar-refractivity contribution >= 4 is 27.3 Å². The predicted molar refractivity (Wildman–Crippen MR) is 128 cm³/mol. The highest BCUT2D eigenvalue weighted by Gasteiger charge is 2.31. The molecule has 1 aromatic heterocycles. The van der Waals surface area contributed by atoms with E-state index in [1.807, 2.05) is 17.0 Å². The topological polar surface area (TPSA) is 74.0 Å². The van der Waals surface area contributed by atoms with Gasteiger partial charge >= 0.3 is 0 Å². The van der Waals surface area contributed by atoms with E-state index in [1.54, 1.807) is 38.7 Å². The van der Waals surface area contributed by atoms with E-state index in [0.717, 1.165) is 30.6 Å². The third-order valence-corrected chi connectivity index (χ3v) is 7.26. The molecule has 0 spiro atoms. The second-order valence-corrected chi connectivity index (χ2v) is 9.53. The number of carbonyl (C=O) groups excluding carboxylic acids is 1. The van der Waals surface area contributed by atoms with Crippen LogP contribution in [0.5, 0.6) is 17.2 Å². The summed E-state index contributed by atoms with van der Waals surface area (Å²) in [4.78, 5) is 14.8. The summed E-state index contributed by atoms with van der Waals surface area (Å²) in [6.07, 6.45) is 2.49. The SMILES string of the molecule is COc1ccc2c(CCC(C)(N)CCN3Cc4cc(OC)c(OC)cc4C3=O)csc2c1. The zero-order valence-corrected chi connectivity index (χ0v) is 19.9. The predicted octanol–water partition coefficient (Wildman–Crippen LogP) is 4.62. The van der Waals surface area contributed by atoms with Crippen molar-refractivity contribution in [2.24, 2.45) is 5.73 Å². The third-order valence-electron chi connectivity index (χ3n) is 6.27. The summed E-state index contributed by atoms with van der Waals surface area (Å²) in [5.41, 5.74) is 9.24. The molecule has 1 aliphatic heterocycles. The van der Waals surface area contributed by atoms with E-state index in [2.05, 4.69) is 24.4 Å². The van der Waals surface area contributed by atoms with Crippen LogP contribution < -0.4 is 19.9 Å². The lowest BCUT2D eigenvalue weighted by Crippen LogP contribution is -2.40. The second-order valence-electron chi connectivity index (χ2n) is 8.62. The van der Waals surface area contributed by atoms with Gasteiger partial charge in [-0.15, -0.1) is 11.3 Å². The fourth-order valence-electron chi connectivity index (χ4n) is 4.20. The van der Waals surface area contributed by atoms with Crippen molar-refractivity contribution in [1.29, 1.82) is 0 Å². The number of ether oxygens (including phenoxy) is 3. The highest BCUT2D eigenvalue weighted by atomic mass is 32.1. The van der Waals surface area contributed by atoms with Crippen LogP contribution in [-0.4, -0.2) is 44.2 Å². The van der Waals surface area contributed by atoms with Crippen LogP contribution >= 0.6 is 11.3 Å². The van der Waals surface area contributed by atoms with E-state index < -0.39 is 0 Å². The van der Waals surface area contributed by atoms with Crippen molar-refractivity contribution < 1.29 is 19.0 Å². The Balaban J connectivity index is 1.37. The minimum atomic E-state index is -0.370. The molecule has 3 aromatic rings. The van der Waals surface area contributed by atoms with Gasteiger partial charge in [-0.05, 0) is 78.4 Å². The van der Waals surface area contributed by atoms with E-state index in [0.29, 0.717) is 30.2 Å². The number of benzene rings is 2. The number of hydrogen-bond donors (Lipinski definition) is 1. The number of nitrogens with two attached hydrogens (primary N) is 1. The quantitative estimate of drug-likeness (QED) is 0.511. The molecule has 0 bridgehead atoms. The Morgan fingerprint density at radius 2 is 1.81 bits per heavy atom. The van der Waals surface area contributed by atoms with Gasteiger partial charge in [-0.3, -0.25) is 4.79 Å². The molecule has 1 aliphatic rings. The molecule has 0 saturated heterocycles. The summed E-state index contributed by atoms with van der Waals surface area (Å²) in [6, 6.07) is 9.86. The second kappa shape index (κ2) is 9.00. The third kappa shape index (κ3) is 4.40. The van der Waals surface area contributed by atoms with Crippen molar-refractivity contribution in [3.05, 3.63) is 52.4 Å². The Labute approximate surface area is 192 Å². The summed E-state index contributed by atoms with van der Waals surface area (Å²) < 4.78 is 17.3. The number of thiophene rings is 1. The first-order valence-electron chi connectivity index (χ1n) is 10.7. The largest absolute Gasteiger partial charge is 0.497 e. The van der Waals surface area contributed by atoms with Gasteiger partial charge in [-0.25, -0.2) is 0 Å². The summed E-state index contributed by atoms with van der Waals surface area (Å²) >= 11 is 1.73. The average molecular weight is 455 g/mol. The minimum Gasteiger partial charge on any atom is -0.497 e. The molecular formula is C25H30N2O4S. The zero-order chi connectivity index (χ0) is 22.9. The van der Waals surface area contributed by atoms with Gasteiger partial charge in [0.25, 0.3) is 5.91 Å². The molecule has 6 nitrogen and oxygen atoms in total. The number of hydrogen-bond acceptors (Lipinski definition) is 6. The summed E-state index contributed by atoms with van der Waals surface area (Å²) in [5, 5.41) is 3.47. The lowest BCUT2D eigenvalue weighted by Gasteiger charge is -2.27. The normalized spacial score (nSPS) is 15.0. The Hall–Kier alpha value is -2.77. The van der Waals surface area contributed by atoms with E-state index >= 15 is 0 Å². The molecule has 1 unspecified atom stereocenters. The van der Waals surface area contributed by atoms with Gasteiger partial charge in [-0.2, -0.15) is 0 Å². The molecule has 0 radical (unpaired) electrons.